The topological polar surface area (TPSA) is 121 Å². The molecule has 0 spiro atoms. The van der Waals surface area contributed by atoms with Gasteiger partial charge in [0, 0.05) is 37.3 Å². The molecule has 7 nitrogen and oxygen atoms in total. The molecule has 1 aliphatic heterocycles. The van der Waals surface area contributed by atoms with Gasteiger partial charge < -0.3 is 20.8 Å². The number of rotatable bonds is 1. The molecule has 3 aliphatic rings. The predicted molar refractivity (Wildman–Crippen MR) is 91.6 cm³/mol. The Morgan fingerprint density at radius 3 is 2.69 bits per heavy atom. The maximum atomic E-state index is 12.3. The van der Waals surface area contributed by atoms with Gasteiger partial charge in [0.1, 0.15) is 11.5 Å². The molecular weight excluding hydrogens is 336 g/mol. The van der Waals surface area contributed by atoms with Crippen molar-refractivity contribution in [2.45, 2.75) is 56.1 Å². The number of Topliss-reactive ketones (excluding diaryl/α,β-unsaturated/α-hetero) is 1. The van der Waals surface area contributed by atoms with Gasteiger partial charge >= 0.3 is 0 Å². The van der Waals surface area contributed by atoms with Crippen LogP contribution in [0.1, 0.15) is 54.1 Å². The van der Waals surface area contributed by atoms with E-state index in [4.69, 9.17) is 5.73 Å². The zero-order chi connectivity index (χ0) is 18.9. The standard InChI is InChI=1S/C19H22N2O5/c1-10(22)21-7-6-18-9-12(23)4-5-19(18,26)14(21)8-11-2-3-13(17(20)25)16(24)15(11)18/h2-3,14,24,26H,4-9H2,1H3,(H2,20,25)/t14-,18-,19?/m1/s1. The Balaban J connectivity index is 2.00. The minimum Gasteiger partial charge on any atom is -0.507 e. The number of aliphatic hydroxyl groups is 1. The van der Waals surface area contributed by atoms with Crippen molar-refractivity contribution in [1.29, 1.82) is 0 Å². The molecule has 2 fully saturated rings. The Labute approximate surface area is 150 Å². The summed E-state index contributed by atoms with van der Waals surface area (Å²) in [6.45, 7) is 1.88. The number of likely N-dealkylation sites (tertiary alicyclic amines) is 1. The average Bonchev–Trinajstić information content (AvgIpc) is 2.54. The number of carbonyl (C=O) groups excluding carboxylic acids is 3. The minimum absolute atomic E-state index is 0.00838. The van der Waals surface area contributed by atoms with Crippen LogP contribution in [0.15, 0.2) is 12.1 Å². The third-order valence-electron chi connectivity index (χ3n) is 6.65. The Bertz CT molecular complexity index is 851. The molecular formula is C19H22N2O5. The second-order valence-electron chi connectivity index (χ2n) is 7.76. The minimum atomic E-state index is -1.31. The van der Waals surface area contributed by atoms with Gasteiger partial charge in [0.05, 0.1) is 17.2 Å². The van der Waals surface area contributed by atoms with Gasteiger partial charge in [-0.3, -0.25) is 14.4 Å². The molecule has 1 saturated carbocycles. The third-order valence-corrected chi connectivity index (χ3v) is 6.65. The number of ketones is 1. The largest absolute Gasteiger partial charge is 0.507 e. The van der Waals surface area contributed by atoms with Crippen LogP contribution in [0.5, 0.6) is 5.75 Å². The van der Waals surface area contributed by atoms with E-state index < -0.39 is 23.0 Å². The average molecular weight is 358 g/mol. The molecule has 7 heteroatoms. The lowest BCUT2D eigenvalue weighted by Crippen LogP contribution is -2.73. The van der Waals surface area contributed by atoms with Crippen molar-refractivity contribution in [2.24, 2.45) is 5.73 Å². The highest BCUT2D eigenvalue weighted by Gasteiger charge is 2.66. The van der Waals surface area contributed by atoms with Crippen LogP contribution in [0.4, 0.5) is 0 Å². The van der Waals surface area contributed by atoms with E-state index in [0.717, 1.165) is 5.56 Å². The number of piperidine rings is 1. The summed E-state index contributed by atoms with van der Waals surface area (Å²) in [6.07, 6.45) is 1.29. The Morgan fingerprint density at radius 1 is 1.31 bits per heavy atom. The lowest BCUT2D eigenvalue weighted by Gasteiger charge is -2.63. The van der Waals surface area contributed by atoms with E-state index in [1.54, 1.807) is 11.0 Å². The fourth-order valence-electron chi connectivity index (χ4n) is 5.49. The van der Waals surface area contributed by atoms with E-state index in [1.807, 2.05) is 0 Å². The van der Waals surface area contributed by atoms with Crippen LogP contribution >= 0.6 is 0 Å². The number of hydrogen-bond donors (Lipinski definition) is 3. The van der Waals surface area contributed by atoms with Crippen molar-refractivity contribution in [3.05, 3.63) is 28.8 Å². The SMILES string of the molecule is CC(=O)N1CC[C@]23CC(=O)CCC2(O)[C@H]1Cc1ccc(C(N)=O)c(O)c13. The summed E-state index contributed by atoms with van der Waals surface area (Å²) in [5.74, 6) is -1.09. The quantitative estimate of drug-likeness (QED) is 0.671. The molecule has 0 radical (unpaired) electrons. The first kappa shape index (κ1) is 17.0. The van der Waals surface area contributed by atoms with Gasteiger partial charge in [0.15, 0.2) is 0 Å². The second kappa shape index (κ2) is 5.30. The first-order valence-electron chi connectivity index (χ1n) is 8.88. The number of nitrogens with two attached hydrogens (primary N) is 1. The molecule has 1 aromatic rings. The molecule has 1 unspecified atom stereocenters. The fourth-order valence-corrected chi connectivity index (χ4v) is 5.49. The normalized spacial score (nSPS) is 32.6. The third kappa shape index (κ3) is 1.95. The summed E-state index contributed by atoms with van der Waals surface area (Å²) < 4.78 is 0. The molecule has 4 rings (SSSR count). The highest BCUT2D eigenvalue weighted by atomic mass is 16.3. The number of hydrogen-bond acceptors (Lipinski definition) is 5. The van der Waals surface area contributed by atoms with Crippen LogP contribution in [-0.4, -0.2) is 50.9 Å². The van der Waals surface area contributed by atoms with Crippen molar-refractivity contribution in [3.63, 3.8) is 0 Å². The van der Waals surface area contributed by atoms with Crippen LogP contribution in [0.25, 0.3) is 0 Å². The van der Waals surface area contributed by atoms with Gasteiger partial charge in [0.2, 0.25) is 5.91 Å². The highest BCUT2D eigenvalue weighted by Crippen LogP contribution is 2.59. The van der Waals surface area contributed by atoms with Crippen molar-refractivity contribution >= 4 is 17.6 Å². The molecule has 2 aliphatic carbocycles. The Hall–Kier alpha value is -2.41. The summed E-state index contributed by atoms with van der Waals surface area (Å²) >= 11 is 0. The van der Waals surface area contributed by atoms with E-state index in [1.165, 1.54) is 13.0 Å². The van der Waals surface area contributed by atoms with Crippen LogP contribution < -0.4 is 5.73 Å². The summed E-state index contributed by atoms with van der Waals surface area (Å²) in [5.41, 5.74) is 4.28. The van der Waals surface area contributed by atoms with Gasteiger partial charge in [-0.1, -0.05) is 6.07 Å². The number of phenols is 1. The molecule has 1 heterocycles. The number of amides is 2. The zero-order valence-corrected chi connectivity index (χ0v) is 14.6. The number of nitrogens with zero attached hydrogens (tertiary/aromatic N) is 1. The summed E-state index contributed by atoms with van der Waals surface area (Å²) in [5, 5.41) is 22.5. The van der Waals surface area contributed by atoms with Gasteiger partial charge in [-0.15, -0.1) is 0 Å². The summed E-state index contributed by atoms with van der Waals surface area (Å²) in [6, 6.07) is 2.73. The Kier molecular flexibility index (Phi) is 3.47. The number of fused-ring (bicyclic) bond motifs is 1. The first-order chi connectivity index (χ1) is 12.2. The van der Waals surface area contributed by atoms with E-state index in [2.05, 4.69) is 0 Å². The number of carbonyl (C=O) groups is 3. The van der Waals surface area contributed by atoms with E-state index in [-0.39, 0.29) is 42.3 Å². The smallest absolute Gasteiger partial charge is 0.252 e. The molecule has 138 valence electrons. The van der Waals surface area contributed by atoms with Crippen molar-refractivity contribution in [3.8, 4) is 5.75 Å². The lowest BCUT2D eigenvalue weighted by atomic mass is 9.49. The van der Waals surface area contributed by atoms with E-state index in [9.17, 15) is 24.6 Å². The number of primary amides is 1. The van der Waals surface area contributed by atoms with Crippen LogP contribution in [0.3, 0.4) is 0 Å². The van der Waals surface area contributed by atoms with E-state index in [0.29, 0.717) is 24.9 Å². The maximum Gasteiger partial charge on any atom is 0.252 e. The van der Waals surface area contributed by atoms with Crippen LogP contribution in [0, 0.1) is 0 Å². The Morgan fingerprint density at radius 2 is 2.04 bits per heavy atom. The summed E-state index contributed by atoms with van der Waals surface area (Å²) in [7, 11) is 0. The maximum absolute atomic E-state index is 12.3. The predicted octanol–water partition coefficient (Wildman–Crippen LogP) is 0.390. The molecule has 26 heavy (non-hydrogen) atoms. The van der Waals surface area contributed by atoms with Crippen molar-refractivity contribution in [1.82, 2.24) is 4.90 Å². The molecule has 3 atom stereocenters. The van der Waals surface area contributed by atoms with Gasteiger partial charge in [-0.25, -0.2) is 0 Å². The molecule has 0 aromatic heterocycles. The number of aromatic hydroxyl groups is 1. The first-order valence-corrected chi connectivity index (χ1v) is 8.88. The monoisotopic (exact) mass is 358 g/mol. The molecule has 1 aromatic carbocycles. The van der Waals surface area contributed by atoms with Crippen LogP contribution in [-0.2, 0) is 21.4 Å². The van der Waals surface area contributed by atoms with Gasteiger partial charge in [0.25, 0.3) is 5.91 Å². The fraction of sp³-hybridized carbons (Fsp3) is 0.526. The second-order valence-corrected chi connectivity index (χ2v) is 7.76. The lowest BCUT2D eigenvalue weighted by molar-refractivity contribution is -0.179. The molecule has 4 N–H and O–H groups in total. The van der Waals surface area contributed by atoms with Gasteiger partial charge in [-0.05, 0) is 30.9 Å². The molecule has 1 saturated heterocycles. The van der Waals surface area contributed by atoms with Crippen LogP contribution in [0.2, 0.25) is 0 Å². The highest BCUT2D eigenvalue weighted by molar-refractivity contribution is 5.96. The van der Waals surface area contributed by atoms with Gasteiger partial charge in [-0.2, -0.15) is 0 Å². The van der Waals surface area contributed by atoms with Crippen molar-refractivity contribution in [2.75, 3.05) is 6.54 Å². The van der Waals surface area contributed by atoms with Crippen molar-refractivity contribution < 1.29 is 24.6 Å². The molecule has 2 bridgehead atoms. The summed E-state index contributed by atoms with van der Waals surface area (Å²) in [4.78, 5) is 37.9. The number of benzene rings is 1. The van der Waals surface area contributed by atoms with E-state index >= 15 is 0 Å². The molecule has 2 amide bonds. The zero-order valence-electron chi connectivity index (χ0n) is 14.6.